The van der Waals surface area contributed by atoms with Crippen LogP contribution in [0.1, 0.15) is 24.1 Å². The first-order valence-electron chi connectivity index (χ1n) is 7.44. The van der Waals surface area contributed by atoms with E-state index in [0.717, 1.165) is 26.8 Å². The summed E-state index contributed by atoms with van der Waals surface area (Å²) in [5, 5.41) is 2.25. The lowest BCUT2D eigenvalue weighted by Gasteiger charge is -2.11. The third kappa shape index (κ3) is 2.46. The number of rotatable bonds is 3. The Kier molecular flexibility index (Phi) is 3.88. The van der Waals surface area contributed by atoms with Crippen molar-refractivity contribution in [3.63, 3.8) is 0 Å². The van der Waals surface area contributed by atoms with E-state index in [1.54, 1.807) is 0 Å². The average molecular weight is 343 g/mol. The number of amides is 1. The highest BCUT2D eigenvalue weighted by Gasteiger charge is 2.21. The lowest BCUT2D eigenvalue weighted by atomic mass is 9.99. The highest BCUT2D eigenvalue weighted by Crippen LogP contribution is 2.32. The maximum Gasteiger partial charge on any atom is 0.330 e. The minimum absolute atomic E-state index is 0.402. The Hall–Kier alpha value is -2.67. The average Bonchev–Trinajstić information content (AvgIpc) is 2.90. The minimum atomic E-state index is -1.02. The molecule has 2 aromatic heterocycles. The maximum absolute atomic E-state index is 12.9. The normalized spacial score (nSPS) is 12.5. The second-order valence-electron chi connectivity index (χ2n) is 5.86. The first-order valence-corrected chi connectivity index (χ1v) is 8.32. The van der Waals surface area contributed by atoms with Gasteiger partial charge in [-0.2, -0.15) is 0 Å². The predicted octanol–water partition coefficient (Wildman–Crippen LogP) is 2.08. The number of hydrogen-bond donors (Lipinski definition) is 2. The minimum Gasteiger partial charge on any atom is -0.368 e. The first kappa shape index (κ1) is 16.2. The van der Waals surface area contributed by atoms with Gasteiger partial charge >= 0.3 is 5.69 Å². The molecule has 1 amide bonds. The van der Waals surface area contributed by atoms with E-state index < -0.39 is 23.2 Å². The summed E-state index contributed by atoms with van der Waals surface area (Å²) in [4.78, 5) is 39.6. The molecule has 6 nitrogen and oxygen atoms in total. The van der Waals surface area contributed by atoms with E-state index in [2.05, 4.69) is 4.98 Å². The van der Waals surface area contributed by atoms with E-state index >= 15 is 0 Å². The van der Waals surface area contributed by atoms with Gasteiger partial charge in [0.05, 0.1) is 5.39 Å². The molecule has 0 fully saturated rings. The molecule has 24 heavy (non-hydrogen) atoms. The van der Waals surface area contributed by atoms with Crippen LogP contribution in [0.3, 0.4) is 0 Å². The fraction of sp³-hybridized carbons (Fsp3) is 0.235. The van der Waals surface area contributed by atoms with E-state index in [1.807, 2.05) is 37.4 Å². The molecule has 0 saturated carbocycles. The lowest BCUT2D eigenvalue weighted by Crippen LogP contribution is -2.41. The lowest BCUT2D eigenvalue weighted by molar-refractivity contribution is -0.120. The van der Waals surface area contributed by atoms with Gasteiger partial charge in [0.25, 0.3) is 5.56 Å². The second-order valence-corrected chi connectivity index (χ2v) is 6.74. The number of hydrogen-bond acceptors (Lipinski definition) is 4. The molecule has 124 valence electrons. The van der Waals surface area contributed by atoms with Crippen LogP contribution < -0.4 is 17.0 Å². The van der Waals surface area contributed by atoms with Crippen molar-refractivity contribution in [1.82, 2.24) is 9.55 Å². The van der Waals surface area contributed by atoms with Crippen molar-refractivity contribution >= 4 is 27.5 Å². The molecule has 0 saturated heterocycles. The number of aryl methyl sites for hydroxylation is 2. The largest absolute Gasteiger partial charge is 0.368 e. The molecule has 0 radical (unpaired) electrons. The summed E-state index contributed by atoms with van der Waals surface area (Å²) < 4.78 is 0.879. The summed E-state index contributed by atoms with van der Waals surface area (Å²) in [6.07, 6.45) is 0. The van der Waals surface area contributed by atoms with Crippen LogP contribution in [0.5, 0.6) is 0 Å². The number of nitrogens with two attached hydrogens (primary N) is 1. The number of aromatic amines is 1. The topological polar surface area (TPSA) is 97.9 Å². The van der Waals surface area contributed by atoms with Gasteiger partial charge in [-0.15, -0.1) is 11.3 Å². The van der Waals surface area contributed by atoms with Crippen LogP contribution in [0.15, 0.2) is 33.2 Å². The van der Waals surface area contributed by atoms with Gasteiger partial charge in [-0.1, -0.05) is 23.8 Å². The predicted molar refractivity (Wildman–Crippen MR) is 95.5 cm³/mol. The third-order valence-electron chi connectivity index (χ3n) is 4.13. The number of thiophene rings is 1. The quantitative estimate of drug-likeness (QED) is 0.762. The van der Waals surface area contributed by atoms with Crippen molar-refractivity contribution in [3.05, 3.63) is 55.5 Å². The van der Waals surface area contributed by atoms with Crippen LogP contribution >= 0.6 is 11.3 Å². The Labute approximate surface area is 141 Å². The first-order chi connectivity index (χ1) is 11.3. The number of aromatic nitrogens is 2. The molecule has 0 bridgehead atoms. The van der Waals surface area contributed by atoms with Crippen molar-refractivity contribution in [2.45, 2.75) is 26.8 Å². The summed E-state index contributed by atoms with van der Waals surface area (Å²) in [5.41, 5.74) is 7.97. The van der Waals surface area contributed by atoms with E-state index in [1.165, 1.54) is 18.3 Å². The number of fused-ring (bicyclic) bond motifs is 1. The molecule has 3 rings (SSSR count). The van der Waals surface area contributed by atoms with Gasteiger partial charge in [0.1, 0.15) is 10.9 Å². The molecular formula is C17H17N3O3S. The van der Waals surface area contributed by atoms with E-state index in [9.17, 15) is 14.4 Å². The van der Waals surface area contributed by atoms with Gasteiger partial charge in [-0.3, -0.25) is 14.6 Å². The summed E-state index contributed by atoms with van der Waals surface area (Å²) >= 11 is 1.29. The molecule has 1 atom stereocenters. The number of nitrogens with zero attached hydrogens (tertiary/aromatic N) is 1. The molecule has 7 heteroatoms. The van der Waals surface area contributed by atoms with Crippen molar-refractivity contribution in [3.8, 4) is 11.1 Å². The monoisotopic (exact) mass is 343 g/mol. The van der Waals surface area contributed by atoms with Crippen molar-refractivity contribution < 1.29 is 4.79 Å². The molecule has 1 aromatic carbocycles. The van der Waals surface area contributed by atoms with Gasteiger partial charge in [-0.05, 0) is 31.9 Å². The molecule has 2 heterocycles. The summed E-state index contributed by atoms with van der Waals surface area (Å²) in [6.45, 7) is 5.41. The Morgan fingerprint density at radius 1 is 1.25 bits per heavy atom. The Bertz CT molecular complexity index is 1070. The third-order valence-corrected chi connectivity index (χ3v) is 5.03. The molecule has 3 N–H and O–H groups in total. The van der Waals surface area contributed by atoms with Crippen LogP contribution in [-0.4, -0.2) is 15.5 Å². The van der Waals surface area contributed by atoms with Gasteiger partial charge in [0.2, 0.25) is 5.91 Å². The Morgan fingerprint density at radius 3 is 2.58 bits per heavy atom. The number of H-pyrrole nitrogens is 1. The molecule has 0 aliphatic heterocycles. The number of carbonyl (C=O) groups is 1. The van der Waals surface area contributed by atoms with E-state index in [4.69, 9.17) is 5.73 Å². The van der Waals surface area contributed by atoms with Crippen molar-refractivity contribution in [2.75, 3.05) is 0 Å². The molecule has 0 aliphatic rings. The number of primary amides is 1. The van der Waals surface area contributed by atoms with Gasteiger partial charge < -0.3 is 5.73 Å². The summed E-state index contributed by atoms with van der Waals surface area (Å²) in [6, 6.07) is 4.95. The van der Waals surface area contributed by atoms with E-state index in [-0.39, 0.29) is 0 Å². The van der Waals surface area contributed by atoms with Crippen molar-refractivity contribution in [2.24, 2.45) is 5.73 Å². The van der Waals surface area contributed by atoms with E-state index in [0.29, 0.717) is 10.2 Å². The zero-order valence-electron chi connectivity index (χ0n) is 13.5. The number of benzene rings is 1. The molecular weight excluding hydrogens is 326 g/mol. The highest BCUT2D eigenvalue weighted by molar-refractivity contribution is 7.17. The van der Waals surface area contributed by atoms with Crippen LogP contribution in [0.2, 0.25) is 0 Å². The molecule has 0 aliphatic carbocycles. The zero-order valence-corrected chi connectivity index (χ0v) is 14.4. The van der Waals surface area contributed by atoms with Crippen molar-refractivity contribution in [1.29, 1.82) is 0 Å². The smallest absolute Gasteiger partial charge is 0.330 e. The maximum atomic E-state index is 12.9. The molecule has 0 spiro atoms. The fourth-order valence-electron chi connectivity index (χ4n) is 2.83. The fourth-order valence-corrected chi connectivity index (χ4v) is 3.77. The molecule has 3 aromatic rings. The van der Waals surface area contributed by atoms with Crippen LogP contribution in [0.4, 0.5) is 0 Å². The van der Waals surface area contributed by atoms with Gasteiger partial charge in [-0.25, -0.2) is 9.36 Å². The number of nitrogens with one attached hydrogen (secondary N) is 1. The van der Waals surface area contributed by atoms with Crippen LogP contribution in [0.25, 0.3) is 21.3 Å². The molecule has 1 unspecified atom stereocenters. The van der Waals surface area contributed by atoms with Gasteiger partial charge in [0, 0.05) is 10.9 Å². The number of carbonyl (C=O) groups excluding carboxylic acids is 1. The Morgan fingerprint density at radius 2 is 1.96 bits per heavy atom. The second kappa shape index (κ2) is 5.76. The zero-order chi connectivity index (χ0) is 17.6. The summed E-state index contributed by atoms with van der Waals surface area (Å²) in [7, 11) is 0. The highest BCUT2D eigenvalue weighted by atomic mass is 32.1. The Balaban J connectivity index is 2.37. The van der Waals surface area contributed by atoms with Crippen LogP contribution in [-0.2, 0) is 4.79 Å². The summed E-state index contributed by atoms with van der Waals surface area (Å²) in [5.74, 6) is -0.731. The SMILES string of the molecule is Cc1ccc(-c2csc3[nH]c(=O)n(C(C)C(N)=O)c(=O)c23)c(C)c1. The van der Waals surface area contributed by atoms with Gasteiger partial charge in [0.15, 0.2) is 0 Å². The standard InChI is InChI=1S/C17H17N3O3S/c1-8-4-5-11(9(2)6-8)12-7-24-15-13(12)16(22)20(17(23)19-15)10(3)14(18)21/h4-7,10H,1-3H3,(H2,18,21)(H,19,23). The van der Waals surface area contributed by atoms with Crippen LogP contribution in [0, 0.1) is 13.8 Å².